The van der Waals surface area contributed by atoms with Crippen LogP contribution in [0.1, 0.15) is 128 Å². The van der Waals surface area contributed by atoms with Crippen molar-refractivity contribution in [2.75, 3.05) is 14.7 Å². The van der Waals surface area contributed by atoms with E-state index in [0.29, 0.717) is 0 Å². The smallest absolute Gasteiger partial charge is 0.297 e. The fourth-order valence-corrected chi connectivity index (χ4v) is 14.5. The third-order valence-electron chi connectivity index (χ3n) is 18.5. The summed E-state index contributed by atoms with van der Waals surface area (Å²) in [4.78, 5) is 7.84. The number of para-hydroxylation sites is 3. The molecule has 0 fully saturated rings. The molecular formula is C69H66BN3O. The van der Waals surface area contributed by atoms with E-state index in [0.717, 1.165) is 70.0 Å². The van der Waals surface area contributed by atoms with Crippen molar-refractivity contribution in [3.63, 3.8) is 0 Å². The highest BCUT2D eigenvalue weighted by Gasteiger charge is 2.57. The second-order valence-corrected chi connectivity index (χ2v) is 25.5. The highest BCUT2D eigenvalue weighted by Crippen LogP contribution is 2.65. The van der Waals surface area contributed by atoms with Gasteiger partial charge in [0.15, 0.2) is 0 Å². The van der Waals surface area contributed by atoms with E-state index in [4.69, 9.17) is 4.42 Å². The molecule has 4 heterocycles. The molecule has 1 unspecified atom stereocenters. The van der Waals surface area contributed by atoms with E-state index >= 15 is 0 Å². The average Bonchev–Trinajstić information content (AvgIpc) is 3.83. The molecule has 0 saturated heterocycles. The molecule has 2 aliphatic carbocycles. The maximum atomic E-state index is 7.50. The summed E-state index contributed by atoms with van der Waals surface area (Å²) >= 11 is 0. The number of nitrogens with zero attached hydrogens (tertiary/aromatic N) is 3. The number of benzene rings is 8. The lowest BCUT2D eigenvalue weighted by atomic mass is 9.34. The number of hydrogen-bond acceptors (Lipinski definition) is 4. The lowest BCUT2D eigenvalue weighted by Crippen LogP contribution is -2.62. The van der Waals surface area contributed by atoms with E-state index in [1.807, 2.05) is 0 Å². The maximum absolute atomic E-state index is 7.50. The predicted octanol–water partition coefficient (Wildman–Crippen LogP) is 17.0. The highest BCUT2D eigenvalue weighted by molar-refractivity contribution is 7.00. The quantitative estimate of drug-likeness (QED) is 0.160. The molecule has 366 valence electrons. The normalized spacial score (nSPS) is 19.0. The second kappa shape index (κ2) is 15.4. The van der Waals surface area contributed by atoms with Crippen LogP contribution >= 0.6 is 0 Å². The van der Waals surface area contributed by atoms with Crippen molar-refractivity contribution < 1.29 is 4.42 Å². The van der Waals surface area contributed by atoms with Crippen molar-refractivity contribution in [1.29, 1.82) is 0 Å². The molecule has 9 aromatic rings. The number of furan rings is 1. The molecule has 74 heavy (non-hydrogen) atoms. The molecule has 14 rings (SSSR count). The van der Waals surface area contributed by atoms with Gasteiger partial charge in [0.1, 0.15) is 5.58 Å². The maximum Gasteiger partial charge on any atom is 0.297 e. The average molecular weight is 964 g/mol. The number of fused-ring (bicyclic) bond motifs is 11. The van der Waals surface area contributed by atoms with Gasteiger partial charge in [-0.1, -0.05) is 172 Å². The molecule has 0 radical (unpaired) electrons. The third kappa shape index (κ3) is 6.28. The summed E-state index contributed by atoms with van der Waals surface area (Å²) in [6.07, 6.45) is 4.55. The van der Waals surface area contributed by atoms with Crippen LogP contribution in [0.25, 0.3) is 22.1 Å². The van der Waals surface area contributed by atoms with Crippen molar-refractivity contribution >= 4 is 85.5 Å². The molecule has 5 heteroatoms. The van der Waals surface area contributed by atoms with Crippen molar-refractivity contribution in [2.24, 2.45) is 0 Å². The molecule has 0 bridgehead atoms. The van der Waals surface area contributed by atoms with Crippen LogP contribution in [0.2, 0.25) is 0 Å². The lowest BCUT2D eigenvalue weighted by Gasteiger charge is -2.56. The van der Waals surface area contributed by atoms with Gasteiger partial charge in [-0.2, -0.15) is 0 Å². The van der Waals surface area contributed by atoms with Crippen molar-refractivity contribution in [3.05, 3.63) is 203 Å². The first kappa shape index (κ1) is 45.4. The topological polar surface area (TPSA) is 22.9 Å². The van der Waals surface area contributed by atoms with E-state index in [1.54, 1.807) is 5.56 Å². The monoisotopic (exact) mass is 964 g/mol. The molecule has 8 aromatic carbocycles. The Labute approximate surface area is 438 Å². The molecule has 3 aliphatic heterocycles. The van der Waals surface area contributed by atoms with Crippen LogP contribution in [0, 0.1) is 0 Å². The van der Waals surface area contributed by atoms with Gasteiger partial charge in [-0.3, -0.25) is 0 Å². The van der Waals surface area contributed by atoms with Gasteiger partial charge < -0.3 is 19.1 Å². The molecule has 0 N–H and O–H groups in total. The molecular weight excluding hydrogens is 898 g/mol. The first-order chi connectivity index (χ1) is 35.5. The summed E-state index contributed by atoms with van der Waals surface area (Å²) in [7, 11) is 0. The number of anilines is 9. The summed E-state index contributed by atoms with van der Waals surface area (Å²) in [5.41, 5.74) is 26.2. The molecule has 1 atom stereocenters. The van der Waals surface area contributed by atoms with Gasteiger partial charge in [-0.25, -0.2) is 0 Å². The minimum absolute atomic E-state index is 0.00844. The minimum Gasteiger partial charge on any atom is -0.468 e. The van der Waals surface area contributed by atoms with Gasteiger partial charge in [0.2, 0.25) is 0 Å². The van der Waals surface area contributed by atoms with Crippen molar-refractivity contribution in [3.8, 4) is 11.1 Å². The highest BCUT2D eigenvalue weighted by atomic mass is 16.3. The fraction of sp³-hybridized carbons (Fsp3) is 0.275. The lowest BCUT2D eigenvalue weighted by molar-refractivity contribution is 0.311. The molecule has 4 nitrogen and oxygen atoms in total. The van der Waals surface area contributed by atoms with Crippen molar-refractivity contribution in [2.45, 2.75) is 122 Å². The van der Waals surface area contributed by atoms with Crippen molar-refractivity contribution in [1.82, 2.24) is 0 Å². The Bertz CT molecular complexity index is 3750. The van der Waals surface area contributed by atoms with E-state index in [1.165, 1.54) is 73.4 Å². The zero-order chi connectivity index (χ0) is 50.8. The Morgan fingerprint density at radius 3 is 1.70 bits per heavy atom. The van der Waals surface area contributed by atoms with Crippen LogP contribution in [0.15, 0.2) is 174 Å². The Kier molecular flexibility index (Phi) is 9.46. The first-order valence-corrected chi connectivity index (χ1v) is 27.2. The van der Waals surface area contributed by atoms with Gasteiger partial charge in [0, 0.05) is 44.8 Å². The zero-order valence-corrected chi connectivity index (χ0v) is 44.8. The van der Waals surface area contributed by atoms with Crippen LogP contribution in [0.5, 0.6) is 0 Å². The molecule has 5 aliphatic rings. The largest absolute Gasteiger partial charge is 0.468 e. The molecule has 0 amide bonds. The Hall–Kier alpha value is -7.24. The molecule has 1 aromatic heterocycles. The predicted molar refractivity (Wildman–Crippen MR) is 313 cm³/mol. The van der Waals surface area contributed by atoms with Crippen LogP contribution in [-0.4, -0.2) is 6.71 Å². The number of rotatable bonds is 5. The van der Waals surface area contributed by atoms with Crippen LogP contribution in [0.3, 0.4) is 0 Å². The molecule has 0 saturated carbocycles. The van der Waals surface area contributed by atoms with Crippen LogP contribution in [-0.2, 0) is 27.1 Å². The van der Waals surface area contributed by atoms with E-state index < -0.39 is 0 Å². The summed E-state index contributed by atoms with van der Waals surface area (Å²) in [6, 6.07) is 64.1. The van der Waals surface area contributed by atoms with Gasteiger partial charge in [-0.05, 0) is 164 Å². The Morgan fingerprint density at radius 2 is 1.04 bits per heavy atom. The van der Waals surface area contributed by atoms with E-state index in [9.17, 15) is 0 Å². The van der Waals surface area contributed by atoms with E-state index in [2.05, 4.69) is 254 Å². The first-order valence-electron chi connectivity index (χ1n) is 27.2. The van der Waals surface area contributed by atoms with Gasteiger partial charge in [0.05, 0.1) is 28.4 Å². The molecule has 0 spiro atoms. The van der Waals surface area contributed by atoms with Crippen LogP contribution in [0.4, 0.5) is 51.2 Å². The third-order valence-corrected chi connectivity index (χ3v) is 18.5. The number of hydrogen-bond donors (Lipinski definition) is 0. The summed E-state index contributed by atoms with van der Waals surface area (Å²) in [5, 5.41) is 1.11. The standard InChI is InChI=1S/C69H66BN3O/c1-65(2,3)44-30-34-53(49(40-44)43-22-14-11-15-23-43)72-55-41-47(71(45-24-16-12-17-25-45)46-26-18-13-19-27-46)42-56-61(55)70(64-62(72)48-28-20-21-29-57(48)74-64)52-33-31-51-59-63(52)73(56)54-35-32-50-58(68(8,9)37-36-66(50,4)5)60(54)69(59,10)39-38-67(51,6)7/h11-35,40-42H,36-39H2,1-10H3. The van der Waals surface area contributed by atoms with Crippen LogP contribution < -0.4 is 31.3 Å². The summed E-state index contributed by atoms with van der Waals surface area (Å²) in [6.45, 7) is 24.5. The Balaban J connectivity index is 1.18. The summed E-state index contributed by atoms with van der Waals surface area (Å²) in [5.74, 6) is 0. The summed E-state index contributed by atoms with van der Waals surface area (Å²) < 4.78 is 7.50. The van der Waals surface area contributed by atoms with Gasteiger partial charge in [0.25, 0.3) is 6.71 Å². The zero-order valence-electron chi connectivity index (χ0n) is 44.8. The Morgan fingerprint density at radius 1 is 0.486 bits per heavy atom. The van der Waals surface area contributed by atoms with Gasteiger partial charge in [-0.15, -0.1) is 0 Å². The van der Waals surface area contributed by atoms with E-state index in [-0.39, 0.29) is 33.8 Å². The second-order valence-electron chi connectivity index (χ2n) is 25.5. The van der Waals surface area contributed by atoms with Gasteiger partial charge >= 0.3 is 0 Å². The fourth-order valence-electron chi connectivity index (χ4n) is 14.5. The minimum atomic E-state index is -0.215. The SMILES string of the molecule is CC(C)(C)c1ccc(N2c3cc(N(c4ccccc4)c4ccccc4)cc4c3B(c3ccc5c6c3N4c3ccc4c(c3C6(C)CCC5(C)C)C(C)(C)CCC4(C)C)c3oc4ccccc4c32)c(-c2ccccc2)c1.